The Morgan fingerprint density at radius 1 is 1.13 bits per heavy atom. The first-order valence-electron chi connectivity index (χ1n) is 6.20. The number of sulfone groups is 1. The molecule has 0 aliphatic carbocycles. The Bertz CT molecular complexity index is 516. The van der Waals surface area contributed by atoms with Gasteiger partial charge in [-0.15, -0.1) is 0 Å². The number of alkyl halides is 7. The predicted molar refractivity (Wildman–Crippen MR) is 69.5 cm³/mol. The van der Waals surface area contributed by atoms with Crippen molar-refractivity contribution >= 4 is 27.4 Å². The largest absolute Gasteiger partial charge is 0.467 e. The molecule has 0 radical (unpaired) electrons. The molecule has 4 nitrogen and oxygen atoms in total. The quantitative estimate of drug-likeness (QED) is 0.378. The fourth-order valence-electron chi connectivity index (χ4n) is 1.51. The fourth-order valence-corrected chi connectivity index (χ4v) is 3.52. The summed E-state index contributed by atoms with van der Waals surface area (Å²) in [6, 6.07) is 0. The van der Waals surface area contributed by atoms with Crippen molar-refractivity contribution < 1.29 is 44.3 Å². The number of halogens is 7. The summed E-state index contributed by atoms with van der Waals surface area (Å²) in [5.74, 6) is -5.14. The van der Waals surface area contributed by atoms with Crippen LogP contribution >= 0.6 is 11.6 Å². The van der Waals surface area contributed by atoms with Crippen LogP contribution in [0.2, 0.25) is 0 Å². The Morgan fingerprint density at radius 2 is 1.61 bits per heavy atom. The van der Waals surface area contributed by atoms with E-state index in [9.17, 15) is 39.6 Å². The van der Waals surface area contributed by atoms with Crippen molar-refractivity contribution in [3.05, 3.63) is 0 Å². The van der Waals surface area contributed by atoms with Crippen LogP contribution in [0.25, 0.3) is 0 Å². The third kappa shape index (κ3) is 6.36. The van der Waals surface area contributed by atoms with Crippen LogP contribution in [0.3, 0.4) is 0 Å². The van der Waals surface area contributed by atoms with Gasteiger partial charge in [0.2, 0.25) is 4.21 Å². The number of hydrogen-bond acceptors (Lipinski definition) is 4. The van der Waals surface area contributed by atoms with Crippen LogP contribution in [-0.4, -0.2) is 43.8 Å². The highest BCUT2D eigenvalue weighted by Crippen LogP contribution is 2.37. The lowest BCUT2D eigenvalue weighted by Crippen LogP contribution is -2.44. The normalized spacial score (nSPS) is 17.4. The third-order valence-electron chi connectivity index (χ3n) is 3.10. The highest BCUT2D eigenvalue weighted by Gasteiger charge is 2.52. The molecule has 0 fully saturated rings. The summed E-state index contributed by atoms with van der Waals surface area (Å²) in [5, 5.41) is 0. The van der Waals surface area contributed by atoms with Crippen LogP contribution in [0.4, 0.5) is 26.3 Å². The van der Waals surface area contributed by atoms with Crippen LogP contribution in [0.1, 0.15) is 26.2 Å². The number of rotatable bonds is 7. The summed E-state index contributed by atoms with van der Waals surface area (Å²) in [5.41, 5.74) is 0. The molecule has 0 saturated carbocycles. The molecule has 0 spiro atoms. The van der Waals surface area contributed by atoms with Gasteiger partial charge in [-0.1, -0.05) is 18.5 Å². The SMILES string of the molecule is COC(=O)C(Cl)(CCC(C)C(F)(F)F)S(=O)(=O)CCC(F)(F)F. The number of hydrogen-bond donors (Lipinski definition) is 0. The minimum atomic E-state index is -4.90. The van der Waals surface area contributed by atoms with Gasteiger partial charge >= 0.3 is 18.3 Å². The maximum Gasteiger partial charge on any atom is 0.391 e. The Labute approximate surface area is 134 Å². The van der Waals surface area contributed by atoms with E-state index in [-0.39, 0.29) is 0 Å². The Morgan fingerprint density at radius 3 is 1.96 bits per heavy atom. The molecular formula is C11H15ClF6O4S. The summed E-state index contributed by atoms with van der Waals surface area (Å²) in [6.07, 6.45) is -13.2. The second-order valence-corrected chi connectivity index (χ2v) is 8.09. The van der Waals surface area contributed by atoms with Gasteiger partial charge in [0.05, 0.1) is 25.2 Å². The molecule has 0 aromatic heterocycles. The van der Waals surface area contributed by atoms with Crippen LogP contribution in [0.5, 0.6) is 0 Å². The van der Waals surface area contributed by atoms with Crippen LogP contribution in [0.15, 0.2) is 0 Å². The number of carbonyl (C=O) groups is 1. The molecule has 0 aliphatic heterocycles. The summed E-state index contributed by atoms with van der Waals surface area (Å²) in [4.78, 5) is 11.6. The van der Waals surface area contributed by atoms with Crippen LogP contribution in [0, 0.1) is 5.92 Å². The van der Waals surface area contributed by atoms with Crippen molar-refractivity contribution in [2.75, 3.05) is 12.9 Å². The molecular weight excluding hydrogens is 378 g/mol. The molecule has 0 heterocycles. The zero-order valence-corrected chi connectivity index (χ0v) is 13.7. The molecule has 0 aliphatic rings. The lowest BCUT2D eigenvalue weighted by Gasteiger charge is -2.26. The molecule has 2 atom stereocenters. The minimum Gasteiger partial charge on any atom is -0.467 e. The van der Waals surface area contributed by atoms with E-state index < -0.39 is 63.3 Å². The number of esters is 1. The highest BCUT2D eigenvalue weighted by molar-refractivity contribution is 7.95. The van der Waals surface area contributed by atoms with Gasteiger partial charge in [0, 0.05) is 0 Å². The van der Waals surface area contributed by atoms with E-state index in [0.29, 0.717) is 0 Å². The van der Waals surface area contributed by atoms with Crippen molar-refractivity contribution in [3.8, 4) is 0 Å². The first-order chi connectivity index (χ1) is 10.1. The van der Waals surface area contributed by atoms with Crippen molar-refractivity contribution in [1.82, 2.24) is 0 Å². The van der Waals surface area contributed by atoms with Gasteiger partial charge in [-0.2, -0.15) is 26.3 Å². The molecule has 0 bridgehead atoms. The van der Waals surface area contributed by atoms with Crippen molar-refractivity contribution in [2.45, 2.75) is 42.7 Å². The van der Waals surface area contributed by atoms with Gasteiger partial charge in [0.1, 0.15) is 0 Å². The fraction of sp³-hybridized carbons (Fsp3) is 0.909. The van der Waals surface area contributed by atoms with Gasteiger partial charge in [-0.05, 0) is 12.8 Å². The minimum absolute atomic E-state index is 0.728. The predicted octanol–water partition coefficient (Wildman–Crippen LogP) is 3.44. The average Bonchev–Trinajstić information content (AvgIpc) is 2.39. The van der Waals surface area contributed by atoms with Crippen LogP contribution in [-0.2, 0) is 19.4 Å². The molecule has 0 aromatic carbocycles. The van der Waals surface area contributed by atoms with E-state index in [0.717, 1.165) is 14.0 Å². The topological polar surface area (TPSA) is 60.4 Å². The van der Waals surface area contributed by atoms with E-state index in [1.54, 1.807) is 0 Å². The Kier molecular flexibility index (Phi) is 7.22. The molecule has 0 aromatic rings. The second-order valence-electron chi connectivity index (χ2n) is 4.89. The maximum absolute atomic E-state index is 12.5. The van der Waals surface area contributed by atoms with E-state index in [2.05, 4.69) is 4.74 Å². The van der Waals surface area contributed by atoms with E-state index in [1.807, 2.05) is 0 Å². The van der Waals surface area contributed by atoms with Crippen LogP contribution < -0.4 is 0 Å². The molecule has 0 amide bonds. The molecule has 12 heteroatoms. The summed E-state index contributed by atoms with van der Waals surface area (Å²) < 4.78 is 98.9. The monoisotopic (exact) mass is 392 g/mol. The summed E-state index contributed by atoms with van der Waals surface area (Å²) in [7, 11) is -4.18. The molecule has 0 N–H and O–H groups in total. The van der Waals surface area contributed by atoms with Crippen molar-refractivity contribution in [2.24, 2.45) is 5.92 Å². The van der Waals surface area contributed by atoms with E-state index in [1.165, 1.54) is 0 Å². The second kappa shape index (κ2) is 7.45. The van der Waals surface area contributed by atoms with Gasteiger partial charge in [0.15, 0.2) is 9.84 Å². The number of methoxy groups -OCH3 is 1. The smallest absolute Gasteiger partial charge is 0.391 e. The first kappa shape index (κ1) is 22.3. The maximum atomic E-state index is 12.5. The standard InChI is InChI=1S/C11H15ClF6O4S/c1-7(11(16,17)18)3-4-9(12,8(19)22-2)23(20,21)6-5-10(13,14)15/h7H,3-6H2,1-2H3. The summed E-state index contributed by atoms with van der Waals surface area (Å²) in [6.45, 7) is 0.733. The lowest BCUT2D eigenvalue weighted by molar-refractivity contribution is -0.172. The van der Waals surface area contributed by atoms with Gasteiger partial charge in [-0.3, -0.25) is 0 Å². The molecule has 2 unspecified atom stereocenters. The highest BCUT2D eigenvalue weighted by atomic mass is 35.5. The van der Waals surface area contributed by atoms with Crippen molar-refractivity contribution in [3.63, 3.8) is 0 Å². The first-order valence-corrected chi connectivity index (χ1v) is 8.23. The summed E-state index contributed by atoms with van der Waals surface area (Å²) >= 11 is 5.61. The van der Waals surface area contributed by atoms with E-state index in [4.69, 9.17) is 11.6 Å². The Hall–Kier alpha value is -0.710. The molecule has 23 heavy (non-hydrogen) atoms. The number of carbonyl (C=O) groups excluding carboxylic acids is 1. The number of ether oxygens (including phenoxy) is 1. The third-order valence-corrected chi connectivity index (χ3v) is 6.24. The zero-order valence-electron chi connectivity index (χ0n) is 12.1. The van der Waals surface area contributed by atoms with Gasteiger partial charge in [0.25, 0.3) is 0 Å². The Balaban J connectivity index is 5.37. The average molecular weight is 393 g/mol. The van der Waals surface area contributed by atoms with E-state index >= 15 is 0 Å². The molecule has 0 saturated heterocycles. The van der Waals surface area contributed by atoms with Gasteiger partial charge < -0.3 is 4.74 Å². The van der Waals surface area contributed by atoms with Gasteiger partial charge in [-0.25, -0.2) is 13.2 Å². The molecule has 138 valence electrons. The lowest BCUT2D eigenvalue weighted by atomic mass is 10.0. The molecule has 0 rings (SSSR count). The van der Waals surface area contributed by atoms with Crippen molar-refractivity contribution in [1.29, 1.82) is 0 Å². The zero-order chi connectivity index (χ0) is 18.7.